The highest BCUT2D eigenvalue weighted by Crippen LogP contribution is 2.65. The first-order chi connectivity index (χ1) is 43.0. The zero-order valence-corrected chi connectivity index (χ0v) is 60.3. The van der Waals surface area contributed by atoms with E-state index in [1.54, 1.807) is 0 Å². The number of nitrogens with zero attached hydrogens (tertiary/aromatic N) is 3. The predicted octanol–water partition coefficient (Wildman–Crippen LogP) is 22.5. The van der Waals surface area contributed by atoms with Crippen molar-refractivity contribution in [2.75, 3.05) is 14.7 Å². The van der Waals surface area contributed by atoms with Crippen LogP contribution in [0.4, 0.5) is 39.8 Å². The highest BCUT2D eigenvalue weighted by Gasteiger charge is 2.61. The standard InChI is InChI=1S/C86H102BN3OS/c1-77(2,3)52-28-32-66(56(42-52)51-26-22-21-23-27-51)89-69-46-55(90-67-33-29-53(78(4,5)6)43-65(67)85(19)34-24-25-35-86(85,90)20)45-68-72(69)87(75-73(89)57-47-61-63(49-70(57)91-75)83(15,16)40-38-81(61,11)12)76-74(58-48-62-64(50-71(58)92-76)84(17,18)41-39-82(62,13)14)88(68)54-30-31-59-60(44-54)80(9,10)37-36-79(59,7)8/h21-23,26-33,42-50,73,75H,24-25,34-41H2,1-20H3. The molecule has 0 spiro atoms. The molecule has 1 aromatic heterocycles. The third-order valence-electron chi connectivity index (χ3n) is 26.1. The summed E-state index contributed by atoms with van der Waals surface area (Å²) in [6, 6.07) is 50.0. The van der Waals surface area contributed by atoms with E-state index < -0.39 is 0 Å². The van der Waals surface area contributed by atoms with Gasteiger partial charge in [0.15, 0.2) is 0 Å². The number of thiophene rings is 1. The van der Waals surface area contributed by atoms with Gasteiger partial charge in [-0.25, -0.2) is 0 Å². The molecule has 4 nitrogen and oxygen atoms in total. The van der Waals surface area contributed by atoms with E-state index in [0.717, 1.165) is 37.9 Å². The monoisotopic (exact) mass is 1240 g/mol. The van der Waals surface area contributed by atoms with Crippen molar-refractivity contribution < 1.29 is 4.74 Å². The fourth-order valence-electron chi connectivity index (χ4n) is 19.6. The Labute approximate surface area is 557 Å². The average Bonchev–Trinajstić information content (AvgIpc) is 1.45. The fourth-order valence-corrected chi connectivity index (χ4v) is 20.9. The molecule has 0 radical (unpaired) electrons. The molecule has 476 valence electrons. The Hall–Kier alpha value is -6.24. The zero-order valence-electron chi connectivity index (χ0n) is 59.5. The molecule has 16 rings (SSSR count). The Morgan fingerprint density at radius 2 is 1.01 bits per heavy atom. The number of anilines is 7. The molecule has 4 unspecified atom stereocenters. The van der Waals surface area contributed by atoms with Crippen LogP contribution >= 0.6 is 11.3 Å². The molecule has 0 bridgehead atoms. The van der Waals surface area contributed by atoms with E-state index >= 15 is 0 Å². The van der Waals surface area contributed by atoms with E-state index in [4.69, 9.17) is 4.74 Å². The van der Waals surface area contributed by atoms with Crippen molar-refractivity contribution in [3.8, 4) is 16.9 Å². The number of rotatable bonds is 4. The van der Waals surface area contributed by atoms with Crippen LogP contribution < -0.4 is 29.7 Å². The van der Waals surface area contributed by atoms with Crippen molar-refractivity contribution in [1.82, 2.24) is 0 Å². The molecule has 1 saturated carbocycles. The number of hydrogen-bond donors (Lipinski definition) is 0. The Bertz CT molecular complexity index is 4440. The first kappa shape index (κ1) is 60.7. The average molecular weight is 1240 g/mol. The third kappa shape index (κ3) is 8.50. The van der Waals surface area contributed by atoms with Crippen molar-refractivity contribution in [2.24, 2.45) is 0 Å². The van der Waals surface area contributed by atoms with Gasteiger partial charge < -0.3 is 19.4 Å². The van der Waals surface area contributed by atoms with Gasteiger partial charge in [0.1, 0.15) is 11.8 Å². The van der Waals surface area contributed by atoms with Gasteiger partial charge in [-0.15, -0.1) is 11.3 Å². The molecular weight excluding hydrogens is 1130 g/mol. The summed E-state index contributed by atoms with van der Waals surface area (Å²) in [5.74, 6) is 1.06. The van der Waals surface area contributed by atoms with Crippen LogP contribution in [0.25, 0.3) is 21.2 Å². The maximum atomic E-state index is 8.20. The summed E-state index contributed by atoms with van der Waals surface area (Å²) in [6.45, 7) is 49.6. The maximum Gasteiger partial charge on any atom is 0.280 e. The topological polar surface area (TPSA) is 19.0 Å². The van der Waals surface area contributed by atoms with E-state index in [1.165, 1.54) is 159 Å². The van der Waals surface area contributed by atoms with Crippen molar-refractivity contribution in [3.63, 3.8) is 0 Å². The molecular formula is C86H102BN3OS. The lowest BCUT2D eigenvalue weighted by molar-refractivity contribution is 0.195. The summed E-state index contributed by atoms with van der Waals surface area (Å²) in [4.78, 5) is 8.62. The molecule has 0 amide bonds. The van der Waals surface area contributed by atoms with Gasteiger partial charge in [0.05, 0.1) is 17.3 Å². The van der Waals surface area contributed by atoms with Crippen LogP contribution in [-0.4, -0.2) is 18.3 Å². The summed E-state index contributed by atoms with van der Waals surface area (Å²) in [6.07, 6.45) is 11.7. The summed E-state index contributed by atoms with van der Waals surface area (Å²) < 4.78 is 11.0. The number of benzene rings is 7. The third-order valence-corrected chi connectivity index (χ3v) is 27.3. The van der Waals surface area contributed by atoms with Crippen LogP contribution in [0.2, 0.25) is 0 Å². The van der Waals surface area contributed by atoms with Crippen LogP contribution in [-0.2, 0) is 48.7 Å². The molecule has 8 aromatic rings. The van der Waals surface area contributed by atoms with Gasteiger partial charge in [0.2, 0.25) is 0 Å². The molecule has 7 aromatic carbocycles. The molecule has 92 heavy (non-hydrogen) atoms. The molecule has 0 N–H and O–H groups in total. The number of hydrogen-bond acceptors (Lipinski definition) is 5. The number of fused-ring (bicyclic) bond motifs is 14. The van der Waals surface area contributed by atoms with Gasteiger partial charge in [0, 0.05) is 65.5 Å². The molecule has 4 aliphatic heterocycles. The van der Waals surface area contributed by atoms with E-state index in [-0.39, 0.29) is 73.0 Å². The highest BCUT2D eigenvalue weighted by molar-refractivity contribution is 7.32. The zero-order chi connectivity index (χ0) is 64.9. The minimum Gasteiger partial charge on any atom is -0.495 e. The number of ether oxygens (including phenoxy) is 1. The molecule has 4 atom stereocenters. The van der Waals surface area contributed by atoms with E-state index in [1.807, 2.05) is 0 Å². The SMILES string of the molecule is CC(C)(C)c1ccc(N2c3cc(N4c5ccc(C(C)(C)C)cc5C5(C)CCCCC45C)cc4c3B(c3sc5cc6c(cc5c3N4c3ccc4c(c3)C(C)(C)CCC4(C)C)C(C)(C)CCC6(C)C)C3Oc4cc5c(cc4C32)C(C)(C)CCC5(C)C)c(-c2ccccc2)c1. The summed E-state index contributed by atoms with van der Waals surface area (Å²) >= 11 is 2.08. The summed E-state index contributed by atoms with van der Waals surface area (Å²) in [5, 5.41) is 1.38. The Kier molecular flexibility index (Phi) is 12.7. The minimum absolute atomic E-state index is 0.000662. The van der Waals surface area contributed by atoms with Gasteiger partial charge in [-0.05, 0) is 229 Å². The van der Waals surface area contributed by atoms with Crippen LogP contribution in [0.15, 0.2) is 121 Å². The molecule has 4 aliphatic carbocycles. The first-order valence-corrected chi connectivity index (χ1v) is 36.4. The maximum absolute atomic E-state index is 8.20. The van der Waals surface area contributed by atoms with Crippen LogP contribution in [0.1, 0.15) is 264 Å². The lowest BCUT2D eigenvalue weighted by Gasteiger charge is -2.52. The van der Waals surface area contributed by atoms with Gasteiger partial charge >= 0.3 is 0 Å². The lowest BCUT2D eigenvalue weighted by Crippen LogP contribution is -2.64. The molecule has 6 heteroatoms. The van der Waals surface area contributed by atoms with E-state index in [0.29, 0.717) is 0 Å². The smallest absolute Gasteiger partial charge is 0.280 e. The molecule has 8 aliphatic rings. The van der Waals surface area contributed by atoms with Crippen LogP contribution in [0.5, 0.6) is 5.75 Å². The highest BCUT2D eigenvalue weighted by atomic mass is 32.1. The summed E-state index contributed by atoms with van der Waals surface area (Å²) in [5.41, 5.74) is 27.4. The molecule has 0 saturated heterocycles. The normalized spacial score (nSPS) is 25.3. The fraction of sp³-hybridized carbons (Fsp3) is 0.488. The van der Waals surface area contributed by atoms with Crippen molar-refractivity contribution in [2.45, 2.75) is 269 Å². The van der Waals surface area contributed by atoms with E-state index in [9.17, 15) is 0 Å². The van der Waals surface area contributed by atoms with Gasteiger partial charge in [0.25, 0.3) is 6.71 Å². The lowest BCUT2D eigenvalue weighted by atomic mass is 9.35. The van der Waals surface area contributed by atoms with Gasteiger partial charge in [-0.3, -0.25) is 0 Å². The Morgan fingerprint density at radius 3 is 1.64 bits per heavy atom. The van der Waals surface area contributed by atoms with Gasteiger partial charge in [-0.2, -0.15) is 0 Å². The van der Waals surface area contributed by atoms with Crippen molar-refractivity contribution in [1.29, 1.82) is 0 Å². The molecule has 1 fully saturated rings. The minimum atomic E-state index is -0.245. The quantitative estimate of drug-likeness (QED) is 0.164. The van der Waals surface area contributed by atoms with Crippen molar-refractivity contribution in [3.05, 3.63) is 177 Å². The first-order valence-electron chi connectivity index (χ1n) is 35.6. The Balaban J connectivity index is 1.08. The summed E-state index contributed by atoms with van der Waals surface area (Å²) in [7, 11) is 0. The molecule has 5 heterocycles. The van der Waals surface area contributed by atoms with Gasteiger partial charge in [-0.1, -0.05) is 199 Å². The second kappa shape index (κ2) is 19.3. The van der Waals surface area contributed by atoms with Crippen molar-refractivity contribution >= 4 is 78.2 Å². The van der Waals surface area contributed by atoms with Crippen LogP contribution in [0, 0.1) is 0 Å². The largest absolute Gasteiger partial charge is 0.495 e. The predicted molar refractivity (Wildman–Crippen MR) is 395 cm³/mol. The Morgan fingerprint density at radius 1 is 0.467 bits per heavy atom. The van der Waals surface area contributed by atoms with Crippen LogP contribution in [0.3, 0.4) is 0 Å². The van der Waals surface area contributed by atoms with E-state index in [2.05, 4.69) is 286 Å². The second-order valence-corrected chi connectivity index (χ2v) is 37.8. The second-order valence-electron chi connectivity index (χ2n) is 36.8.